The minimum atomic E-state index is 0.829. The van der Waals surface area contributed by atoms with E-state index in [9.17, 15) is 0 Å². The van der Waals surface area contributed by atoms with Crippen LogP contribution in [-0.4, -0.2) is 0 Å². The van der Waals surface area contributed by atoms with Crippen LogP contribution in [0, 0.1) is 0 Å². The molecule has 0 amide bonds. The average Bonchev–Trinajstić information content (AvgIpc) is 2.40. The molecule has 0 saturated heterocycles. The number of fused-ring (bicyclic) bond motifs is 1. The van der Waals surface area contributed by atoms with E-state index in [0.717, 1.165) is 22.8 Å². The Kier molecular flexibility index (Phi) is 2.43. The van der Waals surface area contributed by atoms with E-state index in [0.29, 0.717) is 0 Å². The van der Waals surface area contributed by atoms with Crippen LogP contribution in [0.15, 0.2) is 60.4 Å². The third kappa shape index (κ3) is 2.08. The van der Waals surface area contributed by atoms with Gasteiger partial charge in [0.25, 0.3) is 0 Å². The first-order valence-corrected chi connectivity index (χ1v) is 5.47. The first-order chi connectivity index (χ1) is 8.42. The highest BCUT2D eigenvalue weighted by Crippen LogP contribution is 2.23. The Morgan fingerprint density at radius 2 is 1.65 bits per heavy atom. The lowest BCUT2D eigenvalue weighted by atomic mass is 10.2. The Morgan fingerprint density at radius 3 is 2.53 bits per heavy atom. The molecule has 0 aromatic heterocycles. The van der Waals surface area contributed by atoms with Crippen molar-refractivity contribution in [3.8, 4) is 5.75 Å². The van der Waals surface area contributed by atoms with E-state index < -0.39 is 0 Å². The summed E-state index contributed by atoms with van der Waals surface area (Å²) in [6.07, 6.45) is 2.02. The Morgan fingerprint density at radius 1 is 0.882 bits per heavy atom. The van der Waals surface area contributed by atoms with Crippen molar-refractivity contribution in [3.05, 3.63) is 66.0 Å². The molecule has 2 aromatic carbocycles. The first kappa shape index (κ1) is 9.78. The highest BCUT2D eigenvalue weighted by molar-refractivity contribution is 5.64. The molecule has 2 N–H and O–H groups in total. The third-order valence-electron chi connectivity index (χ3n) is 2.54. The zero-order valence-electron chi connectivity index (χ0n) is 9.18. The molecule has 84 valence electrons. The van der Waals surface area contributed by atoms with Gasteiger partial charge in [-0.1, -0.05) is 36.4 Å². The Hall–Kier alpha value is -2.42. The predicted molar refractivity (Wildman–Crippen MR) is 68.2 cm³/mol. The topological polar surface area (TPSA) is 33.3 Å². The Labute approximate surface area is 99.7 Å². The van der Waals surface area contributed by atoms with Crippen LogP contribution in [0.25, 0.3) is 6.08 Å². The molecular formula is C14H12N2O. The van der Waals surface area contributed by atoms with Crippen LogP contribution in [0.2, 0.25) is 0 Å². The summed E-state index contributed by atoms with van der Waals surface area (Å²) in [5.74, 6) is 1.67. The largest absolute Gasteiger partial charge is 0.380 e. The van der Waals surface area contributed by atoms with Crippen molar-refractivity contribution in [2.75, 3.05) is 5.32 Å². The van der Waals surface area contributed by atoms with Crippen LogP contribution in [-0.2, 0) is 0 Å². The summed E-state index contributed by atoms with van der Waals surface area (Å²) < 4.78 is 0. The van der Waals surface area contributed by atoms with Crippen molar-refractivity contribution in [2.45, 2.75) is 0 Å². The fourth-order valence-corrected chi connectivity index (χ4v) is 1.73. The molecule has 0 aliphatic carbocycles. The Balaban J connectivity index is 1.85. The average molecular weight is 224 g/mol. The standard InChI is InChI=1S/C14H12N2O/c1-2-7-12(8-3-1)15-14-10-11-6-4-5-9-13(11)17-16-14/h1-10,15-16H. The normalized spacial score (nSPS) is 12.8. The molecule has 0 fully saturated rings. The van der Waals surface area contributed by atoms with E-state index in [1.165, 1.54) is 0 Å². The Bertz CT molecular complexity index is 549. The van der Waals surface area contributed by atoms with Gasteiger partial charge >= 0.3 is 0 Å². The van der Waals surface area contributed by atoms with Gasteiger partial charge in [-0.05, 0) is 24.3 Å². The van der Waals surface area contributed by atoms with Gasteiger partial charge in [0.05, 0.1) is 0 Å². The summed E-state index contributed by atoms with van der Waals surface area (Å²) in [4.78, 5) is 5.43. The summed E-state index contributed by atoms with van der Waals surface area (Å²) in [5.41, 5.74) is 4.96. The molecule has 3 nitrogen and oxygen atoms in total. The quantitative estimate of drug-likeness (QED) is 0.822. The van der Waals surface area contributed by atoms with Crippen molar-refractivity contribution in [2.24, 2.45) is 0 Å². The summed E-state index contributed by atoms with van der Waals surface area (Å²) in [6, 6.07) is 17.8. The van der Waals surface area contributed by atoms with Gasteiger partial charge in [0.2, 0.25) is 0 Å². The van der Waals surface area contributed by atoms with Crippen LogP contribution in [0.5, 0.6) is 5.75 Å². The lowest BCUT2D eigenvalue weighted by Crippen LogP contribution is -2.26. The van der Waals surface area contributed by atoms with E-state index in [1.54, 1.807) is 0 Å². The zero-order valence-corrected chi connectivity index (χ0v) is 9.18. The van der Waals surface area contributed by atoms with Gasteiger partial charge < -0.3 is 10.2 Å². The summed E-state index contributed by atoms with van der Waals surface area (Å²) in [7, 11) is 0. The summed E-state index contributed by atoms with van der Waals surface area (Å²) in [5, 5.41) is 3.25. The van der Waals surface area contributed by atoms with Gasteiger partial charge in [0.15, 0.2) is 5.75 Å². The van der Waals surface area contributed by atoms with Crippen molar-refractivity contribution in [1.82, 2.24) is 5.48 Å². The van der Waals surface area contributed by atoms with E-state index in [-0.39, 0.29) is 0 Å². The predicted octanol–water partition coefficient (Wildman–Crippen LogP) is 2.99. The number of nitrogens with one attached hydrogen (secondary N) is 2. The van der Waals surface area contributed by atoms with Crippen molar-refractivity contribution in [1.29, 1.82) is 0 Å². The SMILES string of the molecule is C1=C(Nc2ccccc2)NOc2ccccc21. The van der Waals surface area contributed by atoms with Gasteiger partial charge in [-0.15, -0.1) is 0 Å². The maximum atomic E-state index is 5.43. The number of para-hydroxylation sites is 2. The number of anilines is 1. The molecule has 1 heterocycles. The van der Waals surface area contributed by atoms with E-state index >= 15 is 0 Å². The summed E-state index contributed by atoms with van der Waals surface area (Å²) >= 11 is 0. The second-order valence-electron chi connectivity index (χ2n) is 3.79. The van der Waals surface area contributed by atoms with Crippen LogP contribution in [0.1, 0.15) is 5.56 Å². The van der Waals surface area contributed by atoms with Crippen LogP contribution in [0.3, 0.4) is 0 Å². The fraction of sp³-hybridized carbons (Fsp3) is 0. The van der Waals surface area contributed by atoms with E-state index in [1.807, 2.05) is 60.7 Å². The minimum absolute atomic E-state index is 0.829. The molecule has 0 radical (unpaired) electrons. The maximum absolute atomic E-state index is 5.43. The molecule has 0 saturated carbocycles. The molecule has 0 atom stereocenters. The fourth-order valence-electron chi connectivity index (χ4n) is 1.73. The lowest BCUT2D eigenvalue weighted by molar-refractivity contribution is 0.227. The van der Waals surface area contributed by atoms with Gasteiger partial charge in [0.1, 0.15) is 5.82 Å². The van der Waals surface area contributed by atoms with E-state index in [4.69, 9.17) is 4.84 Å². The molecule has 1 aliphatic heterocycles. The van der Waals surface area contributed by atoms with Crippen molar-refractivity contribution in [3.63, 3.8) is 0 Å². The van der Waals surface area contributed by atoms with E-state index in [2.05, 4.69) is 10.8 Å². The molecule has 0 spiro atoms. The molecule has 3 rings (SSSR count). The minimum Gasteiger partial charge on any atom is -0.380 e. The number of rotatable bonds is 2. The molecule has 0 unspecified atom stereocenters. The van der Waals surface area contributed by atoms with Crippen molar-refractivity contribution < 1.29 is 4.84 Å². The second-order valence-corrected chi connectivity index (χ2v) is 3.79. The number of hydroxylamine groups is 1. The van der Waals surface area contributed by atoms with Crippen LogP contribution >= 0.6 is 0 Å². The monoisotopic (exact) mass is 224 g/mol. The second kappa shape index (κ2) is 4.22. The zero-order chi connectivity index (χ0) is 11.5. The van der Waals surface area contributed by atoms with Crippen LogP contribution < -0.4 is 15.6 Å². The first-order valence-electron chi connectivity index (χ1n) is 5.47. The number of hydrogen-bond donors (Lipinski definition) is 2. The molecule has 3 heteroatoms. The number of benzene rings is 2. The highest BCUT2D eigenvalue weighted by atomic mass is 16.6. The smallest absolute Gasteiger partial charge is 0.162 e. The summed E-state index contributed by atoms with van der Waals surface area (Å²) in [6.45, 7) is 0. The molecule has 0 bridgehead atoms. The van der Waals surface area contributed by atoms with Gasteiger partial charge in [0, 0.05) is 11.3 Å². The molecular weight excluding hydrogens is 212 g/mol. The van der Waals surface area contributed by atoms with Crippen molar-refractivity contribution >= 4 is 11.8 Å². The maximum Gasteiger partial charge on any atom is 0.162 e. The van der Waals surface area contributed by atoms with Gasteiger partial charge in [-0.25, -0.2) is 5.48 Å². The van der Waals surface area contributed by atoms with Gasteiger partial charge in [-0.2, -0.15) is 0 Å². The van der Waals surface area contributed by atoms with Crippen LogP contribution in [0.4, 0.5) is 5.69 Å². The lowest BCUT2D eigenvalue weighted by Gasteiger charge is -2.19. The third-order valence-corrected chi connectivity index (χ3v) is 2.54. The molecule has 17 heavy (non-hydrogen) atoms. The highest BCUT2D eigenvalue weighted by Gasteiger charge is 2.09. The number of hydrogen-bond acceptors (Lipinski definition) is 3. The molecule has 1 aliphatic rings. The molecule has 2 aromatic rings. The van der Waals surface area contributed by atoms with Gasteiger partial charge in [-0.3, -0.25) is 0 Å².